The van der Waals surface area contributed by atoms with Gasteiger partial charge in [-0.15, -0.1) is 10.2 Å². The summed E-state index contributed by atoms with van der Waals surface area (Å²) in [6, 6.07) is 5.48. The number of hydrogen-bond donors (Lipinski definition) is 1. The molecule has 0 saturated carbocycles. The maximum atomic E-state index is 4.95. The zero-order valence-corrected chi connectivity index (χ0v) is 9.92. The highest BCUT2D eigenvalue weighted by molar-refractivity contribution is 5.51. The lowest BCUT2D eigenvalue weighted by Gasteiger charge is -2.07. The van der Waals surface area contributed by atoms with Gasteiger partial charge in [0.25, 0.3) is 0 Å². The fourth-order valence-corrected chi connectivity index (χ4v) is 1.46. The summed E-state index contributed by atoms with van der Waals surface area (Å²) in [5.74, 6) is 2.08. The Bertz CT molecular complexity index is 465. The molecule has 0 aliphatic heterocycles. The Labute approximate surface area is 99.6 Å². The van der Waals surface area contributed by atoms with Gasteiger partial charge in [-0.3, -0.25) is 0 Å². The van der Waals surface area contributed by atoms with Gasteiger partial charge in [0.05, 0.1) is 13.3 Å². The first-order chi connectivity index (χ1) is 8.33. The molecule has 6 heteroatoms. The molecule has 2 aromatic heterocycles. The van der Waals surface area contributed by atoms with Crippen LogP contribution in [-0.2, 0) is 6.54 Å². The number of nitrogens with zero attached hydrogens (tertiary/aromatic N) is 4. The zero-order chi connectivity index (χ0) is 12.1. The number of nitrogens with one attached hydrogen (secondary N) is 1. The number of ether oxygens (including phenoxy) is 1. The molecule has 2 heterocycles. The van der Waals surface area contributed by atoms with Gasteiger partial charge in [0.2, 0.25) is 5.88 Å². The zero-order valence-electron chi connectivity index (χ0n) is 9.92. The summed E-state index contributed by atoms with van der Waals surface area (Å²) in [6.45, 7) is 2.98. The molecule has 90 valence electrons. The largest absolute Gasteiger partial charge is 0.480 e. The number of rotatable bonds is 5. The molecule has 0 saturated heterocycles. The van der Waals surface area contributed by atoms with Gasteiger partial charge in [0, 0.05) is 18.7 Å². The minimum atomic E-state index is 0.498. The molecule has 17 heavy (non-hydrogen) atoms. The highest BCUT2D eigenvalue weighted by atomic mass is 16.5. The van der Waals surface area contributed by atoms with E-state index in [1.54, 1.807) is 19.4 Å². The van der Waals surface area contributed by atoms with Gasteiger partial charge in [-0.1, -0.05) is 6.92 Å². The number of anilines is 2. The number of hydrogen-bond acceptors (Lipinski definition) is 5. The average Bonchev–Trinajstić information content (AvgIpc) is 2.78. The first kappa shape index (κ1) is 11.4. The normalized spacial score (nSPS) is 10.2. The Morgan fingerprint density at radius 2 is 2.18 bits per heavy atom. The van der Waals surface area contributed by atoms with Crippen LogP contribution in [0.3, 0.4) is 0 Å². The lowest BCUT2D eigenvalue weighted by molar-refractivity contribution is 0.392. The molecular weight excluding hydrogens is 218 g/mol. The van der Waals surface area contributed by atoms with Crippen molar-refractivity contribution in [1.82, 2.24) is 20.0 Å². The van der Waals surface area contributed by atoms with Crippen LogP contribution in [-0.4, -0.2) is 27.1 Å². The van der Waals surface area contributed by atoms with E-state index in [-0.39, 0.29) is 0 Å². The molecule has 0 spiro atoms. The van der Waals surface area contributed by atoms with Gasteiger partial charge >= 0.3 is 0 Å². The monoisotopic (exact) mass is 233 g/mol. The molecule has 0 atom stereocenters. The van der Waals surface area contributed by atoms with E-state index in [0.717, 1.165) is 18.8 Å². The van der Waals surface area contributed by atoms with Crippen molar-refractivity contribution in [3.8, 4) is 5.88 Å². The van der Waals surface area contributed by atoms with Crippen LogP contribution in [0, 0.1) is 0 Å². The van der Waals surface area contributed by atoms with E-state index < -0.39 is 0 Å². The fourth-order valence-electron chi connectivity index (χ4n) is 1.46. The number of aryl methyl sites for hydroxylation is 1. The summed E-state index contributed by atoms with van der Waals surface area (Å²) in [5, 5.41) is 15.3. The van der Waals surface area contributed by atoms with Gasteiger partial charge in [-0.25, -0.2) is 4.68 Å². The predicted octanol–water partition coefficient (Wildman–Crippen LogP) is 1.84. The van der Waals surface area contributed by atoms with Crippen molar-refractivity contribution in [2.45, 2.75) is 19.9 Å². The Morgan fingerprint density at radius 3 is 2.82 bits per heavy atom. The maximum Gasteiger partial charge on any atom is 0.233 e. The first-order valence-corrected chi connectivity index (χ1v) is 5.50. The number of methoxy groups -OCH3 is 1. The topological polar surface area (TPSA) is 64.9 Å². The maximum absolute atomic E-state index is 4.95. The summed E-state index contributed by atoms with van der Waals surface area (Å²) in [5.41, 5.74) is 0. The van der Waals surface area contributed by atoms with Gasteiger partial charge < -0.3 is 10.1 Å². The van der Waals surface area contributed by atoms with Crippen LogP contribution < -0.4 is 10.1 Å². The van der Waals surface area contributed by atoms with Gasteiger partial charge in [0.1, 0.15) is 5.82 Å². The molecule has 0 amide bonds. The highest BCUT2D eigenvalue weighted by Crippen LogP contribution is 2.15. The second-order valence-corrected chi connectivity index (χ2v) is 3.53. The summed E-state index contributed by atoms with van der Waals surface area (Å²) < 4.78 is 6.84. The Balaban J connectivity index is 2.10. The molecule has 0 bridgehead atoms. The summed E-state index contributed by atoms with van der Waals surface area (Å²) in [6.07, 6.45) is 2.79. The van der Waals surface area contributed by atoms with Crippen LogP contribution in [0.25, 0.3) is 0 Å². The first-order valence-electron chi connectivity index (χ1n) is 5.50. The molecule has 2 aromatic rings. The van der Waals surface area contributed by atoms with E-state index in [9.17, 15) is 0 Å². The van der Waals surface area contributed by atoms with Crippen molar-refractivity contribution >= 4 is 11.6 Å². The molecule has 6 nitrogen and oxygen atoms in total. The molecule has 0 aliphatic rings. The van der Waals surface area contributed by atoms with E-state index in [1.165, 1.54) is 0 Å². The van der Waals surface area contributed by atoms with E-state index in [0.29, 0.717) is 11.7 Å². The minimum absolute atomic E-state index is 0.498. The standard InChI is InChI=1S/C11H15N5O/c1-3-8-16-10(6-7-12-16)13-9-4-5-11(17-2)15-14-9/h4-7H,3,8H2,1-2H3,(H,13,14). The lowest BCUT2D eigenvalue weighted by Crippen LogP contribution is -2.05. The molecule has 0 radical (unpaired) electrons. The molecule has 1 N–H and O–H groups in total. The molecule has 2 rings (SSSR count). The van der Waals surface area contributed by atoms with Gasteiger partial charge in [-0.05, 0) is 12.5 Å². The molecule has 0 unspecified atom stereocenters. The molecule has 0 aromatic carbocycles. The van der Waals surface area contributed by atoms with Crippen LogP contribution in [0.4, 0.5) is 11.6 Å². The number of aromatic nitrogens is 4. The van der Waals surface area contributed by atoms with Gasteiger partial charge in [0.15, 0.2) is 5.82 Å². The van der Waals surface area contributed by atoms with Crippen LogP contribution in [0.1, 0.15) is 13.3 Å². The summed E-state index contributed by atoms with van der Waals surface area (Å²) in [7, 11) is 1.56. The lowest BCUT2D eigenvalue weighted by atomic mass is 10.4. The van der Waals surface area contributed by atoms with Crippen LogP contribution in [0.2, 0.25) is 0 Å². The second-order valence-electron chi connectivity index (χ2n) is 3.53. The smallest absolute Gasteiger partial charge is 0.233 e. The molecular formula is C11H15N5O. The fraction of sp³-hybridized carbons (Fsp3) is 0.364. The summed E-state index contributed by atoms with van der Waals surface area (Å²) >= 11 is 0. The van der Waals surface area contributed by atoms with Crippen LogP contribution >= 0.6 is 0 Å². The third kappa shape index (κ3) is 2.72. The van der Waals surface area contributed by atoms with Crippen molar-refractivity contribution in [2.24, 2.45) is 0 Å². The van der Waals surface area contributed by atoms with E-state index in [4.69, 9.17) is 4.74 Å². The third-order valence-electron chi connectivity index (χ3n) is 2.26. The van der Waals surface area contributed by atoms with Gasteiger partial charge in [-0.2, -0.15) is 5.10 Å². The predicted molar refractivity (Wildman–Crippen MR) is 64.4 cm³/mol. The van der Waals surface area contributed by atoms with E-state index in [2.05, 4.69) is 27.5 Å². The molecule has 0 aliphatic carbocycles. The van der Waals surface area contributed by atoms with Crippen molar-refractivity contribution in [3.63, 3.8) is 0 Å². The Hall–Kier alpha value is -2.11. The Kier molecular flexibility index (Phi) is 3.54. The van der Waals surface area contributed by atoms with Crippen molar-refractivity contribution < 1.29 is 4.74 Å². The minimum Gasteiger partial charge on any atom is -0.480 e. The van der Waals surface area contributed by atoms with Crippen LogP contribution in [0.15, 0.2) is 24.4 Å². The van der Waals surface area contributed by atoms with E-state index in [1.807, 2.05) is 16.8 Å². The Morgan fingerprint density at radius 1 is 1.29 bits per heavy atom. The average molecular weight is 233 g/mol. The van der Waals surface area contributed by atoms with Crippen LogP contribution in [0.5, 0.6) is 5.88 Å². The van der Waals surface area contributed by atoms with Crippen molar-refractivity contribution in [3.05, 3.63) is 24.4 Å². The second kappa shape index (κ2) is 5.29. The van der Waals surface area contributed by atoms with E-state index >= 15 is 0 Å². The highest BCUT2D eigenvalue weighted by Gasteiger charge is 2.03. The quantitative estimate of drug-likeness (QED) is 0.853. The SMILES string of the molecule is CCCn1nccc1Nc1ccc(OC)nn1. The third-order valence-corrected chi connectivity index (χ3v) is 2.26. The van der Waals surface area contributed by atoms with Crippen molar-refractivity contribution in [2.75, 3.05) is 12.4 Å². The molecule has 0 fully saturated rings. The summed E-state index contributed by atoms with van der Waals surface area (Å²) in [4.78, 5) is 0. The van der Waals surface area contributed by atoms with Crippen molar-refractivity contribution in [1.29, 1.82) is 0 Å².